The van der Waals surface area contributed by atoms with Crippen LogP contribution in [0.3, 0.4) is 0 Å². The summed E-state index contributed by atoms with van der Waals surface area (Å²) in [7, 11) is 0. The van der Waals surface area contributed by atoms with Crippen LogP contribution in [-0.4, -0.2) is 19.2 Å². The van der Waals surface area contributed by atoms with Gasteiger partial charge in [-0.3, -0.25) is 0 Å². The van der Waals surface area contributed by atoms with E-state index < -0.39 is 0 Å². The van der Waals surface area contributed by atoms with Gasteiger partial charge in [-0.15, -0.1) is 0 Å². The number of benzene rings is 1. The molecule has 0 amide bonds. The molecule has 2 aliphatic rings. The second kappa shape index (κ2) is 3.86. The number of para-hydroxylation sites is 1. The van der Waals surface area contributed by atoms with Gasteiger partial charge >= 0.3 is 0 Å². The fourth-order valence-corrected chi connectivity index (χ4v) is 2.14. The van der Waals surface area contributed by atoms with Crippen LogP contribution in [-0.2, 0) is 6.42 Å². The van der Waals surface area contributed by atoms with Crippen LogP contribution in [0.1, 0.15) is 18.4 Å². The van der Waals surface area contributed by atoms with E-state index in [4.69, 9.17) is 4.74 Å². The van der Waals surface area contributed by atoms with Crippen molar-refractivity contribution >= 4 is 0 Å². The van der Waals surface area contributed by atoms with Gasteiger partial charge in [0.1, 0.15) is 5.75 Å². The molecule has 1 fully saturated rings. The van der Waals surface area contributed by atoms with Crippen molar-refractivity contribution in [2.45, 2.75) is 25.3 Å². The van der Waals surface area contributed by atoms with Crippen molar-refractivity contribution in [1.29, 1.82) is 0 Å². The smallest absolute Gasteiger partial charge is 0.122 e. The fraction of sp³-hybridized carbons (Fsp3) is 0.538. The molecule has 0 spiro atoms. The quantitative estimate of drug-likeness (QED) is 0.811. The zero-order valence-corrected chi connectivity index (χ0v) is 8.91. The van der Waals surface area contributed by atoms with Crippen LogP contribution in [0.5, 0.6) is 5.75 Å². The second-order valence-corrected chi connectivity index (χ2v) is 4.67. The molecular formula is C13H17NO. The van der Waals surface area contributed by atoms with E-state index in [1.54, 1.807) is 0 Å². The van der Waals surface area contributed by atoms with Gasteiger partial charge in [-0.2, -0.15) is 0 Å². The topological polar surface area (TPSA) is 21.3 Å². The molecule has 1 aromatic rings. The molecule has 1 heterocycles. The molecule has 2 nitrogen and oxygen atoms in total. The summed E-state index contributed by atoms with van der Waals surface area (Å²) in [5.41, 5.74) is 1.37. The predicted octanol–water partition coefficient (Wildman–Crippen LogP) is 1.99. The first-order chi connectivity index (χ1) is 7.42. The lowest BCUT2D eigenvalue weighted by Crippen LogP contribution is -2.32. The third kappa shape index (κ3) is 2.15. The summed E-state index contributed by atoms with van der Waals surface area (Å²) in [6.07, 6.45) is 3.89. The summed E-state index contributed by atoms with van der Waals surface area (Å²) in [6, 6.07) is 9.20. The Morgan fingerprint density at radius 1 is 1.27 bits per heavy atom. The maximum atomic E-state index is 5.75. The van der Waals surface area contributed by atoms with Crippen molar-refractivity contribution in [1.82, 2.24) is 5.32 Å². The molecule has 1 atom stereocenters. The lowest BCUT2D eigenvalue weighted by atomic mass is 9.97. The highest BCUT2D eigenvalue weighted by atomic mass is 16.5. The Kier molecular flexibility index (Phi) is 2.37. The number of nitrogens with one attached hydrogen (secondary N) is 1. The van der Waals surface area contributed by atoms with Crippen LogP contribution in [0, 0.1) is 5.92 Å². The molecular weight excluding hydrogens is 186 g/mol. The van der Waals surface area contributed by atoms with Gasteiger partial charge in [-0.05, 0) is 30.9 Å². The van der Waals surface area contributed by atoms with Crippen LogP contribution >= 0.6 is 0 Å². The summed E-state index contributed by atoms with van der Waals surface area (Å²) in [4.78, 5) is 0. The first kappa shape index (κ1) is 9.22. The second-order valence-electron chi connectivity index (χ2n) is 4.67. The van der Waals surface area contributed by atoms with Gasteiger partial charge in [0, 0.05) is 18.5 Å². The van der Waals surface area contributed by atoms with E-state index in [9.17, 15) is 0 Å². The Labute approximate surface area is 90.6 Å². The summed E-state index contributed by atoms with van der Waals surface area (Å²) in [6.45, 7) is 1.98. The largest absolute Gasteiger partial charge is 0.493 e. The summed E-state index contributed by atoms with van der Waals surface area (Å²) < 4.78 is 5.75. The van der Waals surface area contributed by atoms with Crippen molar-refractivity contribution in [3.05, 3.63) is 29.8 Å². The molecule has 0 aromatic heterocycles. The van der Waals surface area contributed by atoms with Crippen molar-refractivity contribution in [3.8, 4) is 5.75 Å². The highest BCUT2D eigenvalue weighted by molar-refractivity contribution is 5.35. The number of rotatable bonds is 3. The molecule has 0 bridgehead atoms. The lowest BCUT2D eigenvalue weighted by molar-refractivity contribution is 0.218. The minimum Gasteiger partial charge on any atom is -0.493 e. The Balaban J connectivity index is 1.61. The standard InChI is InChI=1S/C13H17NO/c1-2-4-13-11(3-1)7-10(9-15-13)8-14-12-5-6-12/h1-4,10,12,14H,5-9H2/t10-/m0/s1. The van der Waals surface area contributed by atoms with E-state index in [-0.39, 0.29) is 0 Å². The molecule has 1 aromatic carbocycles. The van der Waals surface area contributed by atoms with Crippen LogP contribution < -0.4 is 10.1 Å². The zero-order chi connectivity index (χ0) is 10.1. The number of fused-ring (bicyclic) bond motifs is 1. The van der Waals surface area contributed by atoms with Crippen molar-refractivity contribution in [2.24, 2.45) is 5.92 Å². The minimum atomic E-state index is 0.653. The molecule has 1 aliphatic heterocycles. The van der Waals surface area contributed by atoms with Gasteiger partial charge in [-0.1, -0.05) is 18.2 Å². The third-order valence-electron chi connectivity index (χ3n) is 3.23. The number of ether oxygens (including phenoxy) is 1. The average molecular weight is 203 g/mol. The van der Waals surface area contributed by atoms with Gasteiger partial charge in [0.15, 0.2) is 0 Å². The van der Waals surface area contributed by atoms with E-state index >= 15 is 0 Å². The average Bonchev–Trinajstić information content (AvgIpc) is 3.10. The van der Waals surface area contributed by atoms with Gasteiger partial charge in [0.2, 0.25) is 0 Å². The molecule has 15 heavy (non-hydrogen) atoms. The predicted molar refractivity (Wildman–Crippen MR) is 60.2 cm³/mol. The van der Waals surface area contributed by atoms with Crippen molar-refractivity contribution in [2.75, 3.05) is 13.2 Å². The molecule has 0 saturated heterocycles. The van der Waals surface area contributed by atoms with Crippen molar-refractivity contribution in [3.63, 3.8) is 0 Å². The fourth-order valence-electron chi connectivity index (χ4n) is 2.14. The molecule has 1 N–H and O–H groups in total. The first-order valence-electron chi connectivity index (χ1n) is 5.86. The maximum absolute atomic E-state index is 5.75. The molecule has 1 saturated carbocycles. The van der Waals surface area contributed by atoms with Crippen LogP contribution in [0.4, 0.5) is 0 Å². The van der Waals surface area contributed by atoms with Crippen LogP contribution in [0.2, 0.25) is 0 Å². The Morgan fingerprint density at radius 2 is 2.13 bits per heavy atom. The minimum absolute atomic E-state index is 0.653. The van der Waals surface area contributed by atoms with Gasteiger partial charge in [0.05, 0.1) is 6.61 Å². The van der Waals surface area contributed by atoms with Crippen LogP contribution in [0.25, 0.3) is 0 Å². The van der Waals surface area contributed by atoms with Gasteiger partial charge in [-0.25, -0.2) is 0 Å². The molecule has 2 heteroatoms. The Morgan fingerprint density at radius 3 is 3.00 bits per heavy atom. The molecule has 0 unspecified atom stereocenters. The maximum Gasteiger partial charge on any atom is 0.122 e. The zero-order valence-electron chi connectivity index (χ0n) is 8.91. The van der Waals surface area contributed by atoms with E-state index in [1.165, 1.54) is 18.4 Å². The normalized spacial score (nSPS) is 24.4. The van der Waals surface area contributed by atoms with E-state index in [0.717, 1.165) is 31.4 Å². The molecule has 3 rings (SSSR count). The monoisotopic (exact) mass is 203 g/mol. The first-order valence-corrected chi connectivity index (χ1v) is 5.86. The summed E-state index contributed by atoms with van der Waals surface area (Å²) in [5, 5.41) is 3.58. The van der Waals surface area contributed by atoms with Crippen LogP contribution in [0.15, 0.2) is 24.3 Å². The Bertz CT molecular complexity index is 346. The number of hydrogen-bond acceptors (Lipinski definition) is 2. The van der Waals surface area contributed by atoms with Gasteiger partial charge < -0.3 is 10.1 Å². The highest BCUT2D eigenvalue weighted by Gasteiger charge is 2.24. The van der Waals surface area contributed by atoms with E-state index in [2.05, 4.69) is 23.5 Å². The van der Waals surface area contributed by atoms with Crippen molar-refractivity contribution < 1.29 is 4.74 Å². The van der Waals surface area contributed by atoms with E-state index in [0.29, 0.717) is 5.92 Å². The third-order valence-corrected chi connectivity index (χ3v) is 3.23. The lowest BCUT2D eigenvalue weighted by Gasteiger charge is -2.25. The highest BCUT2D eigenvalue weighted by Crippen LogP contribution is 2.27. The molecule has 0 radical (unpaired) electrons. The molecule has 80 valence electrons. The summed E-state index contributed by atoms with van der Waals surface area (Å²) >= 11 is 0. The summed E-state index contributed by atoms with van der Waals surface area (Å²) in [5.74, 6) is 1.74. The van der Waals surface area contributed by atoms with Gasteiger partial charge in [0.25, 0.3) is 0 Å². The van der Waals surface area contributed by atoms with E-state index in [1.807, 2.05) is 6.07 Å². The SMILES string of the molecule is c1ccc2c(c1)C[C@@H](CNC1CC1)CO2. The molecule has 1 aliphatic carbocycles. The number of hydrogen-bond donors (Lipinski definition) is 1. The Hall–Kier alpha value is -1.02.